The van der Waals surface area contributed by atoms with E-state index in [9.17, 15) is 13.2 Å². The number of sulfone groups is 1. The third-order valence-corrected chi connectivity index (χ3v) is 6.15. The van der Waals surface area contributed by atoms with Crippen LogP contribution in [-0.4, -0.2) is 24.5 Å². The minimum atomic E-state index is -3.62. The lowest BCUT2D eigenvalue weighted by atomic mass is 10.2. The summed E-state index contributed by atoms with van der Waals surface area (Å²) in [6.07, 6.45) is 0.756. The van der Waals surface area contributed by atoms with Crippen LogP contribution in [0.25, 0.3) is 0 Å². The fraction of sp³-hybridized carbons (Fsp3) is 0.231. The molecule has 5 nitrogen and oxygen atoms in total. The highest BCUT2D eigenvalue weighted by molar-refractivity contribution is 9.10. The van der Waals surface area contributed by atoms with Gasteiger partial charge in [-0.15, -0.1) is 11.3 Å². The van der Waals surface area contributed by atoms with Crippen LogP contribution in [0.1, 0.15) is 28.0 Å². The molecule has 1 N–H and O–H groups in total. The van der Waals surface area contributed by atoms with E-state index in [4.69, 9.17) is 5.11 Å². The summed E-state index contributed by atoms with van der Waals surface area (Å²) in [6, 6.07) is 3.97. The molecular formula is C13H12BrNO4S2. The van der Waals surface area contributed by atoms with E-state index in [2.05, 4.69) is 20.9 Å². The molecule has 0 aliphatic carbocycles. The normalized spacial score (nSPS) is 11.5. The van der Waals surface area contributed by atoms with Crippen molar-refractivity contribution in [2.24, 2.45) is 0 Å². The second-order valence-corrected chi connectivity index (χ2v) is 8.08. The first-order chi connectivity index (χ1) is 9.83. The smallest absolute Gasteiger partial charge is 0.336 e. The Kier molecular flexibility index (Phi) is 4.80. The summed E-state index contributed by atoms with van der Waals surface area (Å²) in [4.78, 5) is 15.3. The fourth-order valence-electron chi connectivity index (χ4n) is 1.72. The summed E-state index contributed by atoms with van der Waals surface area (Å²) in [5.74, 6) is -1.41. The fourth-order valence-corrected chi connectivity index (χ4v) is 4.26. The summed E-state index contributed by atoms with van der Waals surface area (Å²) in [7, 11) is -3.62. The van der Waals surface area contributed by atoms with Gasteiger partial charge in [-0.1, -0.05) is 6.92 Å². The largest absolute Gasteiger partial charge is 0.478 e. The van der Waals surface area contributed by atoms with Crippen molar-refractivity contribution in [2.45, 2.75) is 24.0 Å². The van der Waals surface area contributed by atoms with Crippen molar-refractivity contribution in [3.05, 3.63) is 44.3 Å². The molecule has 1 aromatic heterocycles. The van der Waals surface area contributed by atoms with Crippen molar-refractivity contribution in [1.29, 1.82) is 0 Å². The van der Waals surface area contributed by atoms with Crippen molar-refractivity contribution in [3.63, 3.8) is 0 Å². The van der Waals surface area contributed by atoms with Gasteiger partial charge in [-0.05, 0) is 40.5 Å². The number of rotatable bonds is 5. The molecule has 1 heterocycles. The topological polar surface area (TPSA) is 84.3 Å². The van der Waals surface area contributed by atoms with E-state index < -0.39 is 15.8 Å². The molecule has 0 spiro atoms. The lowest BCUT2D eigenvalue weighted by Gasteiger charge is -2.05. The molecule has 2 aromatic rings. The number of nitrogens with zero attached hydrogens (tertiary/aromatic N) is 1. The zero-order valence-corrected chi connectivity index (χ0v) is 14.3. The van der Waals surface area contributed by atoms with Crippen molar-refractivity contribution in [1.82, 2.24) is 4.98 Å². The minimum Gasteiger partial charge on any atom is -0.478 e. The van der Waals surface area contributed by atoms with Crippen LogP contribution in [0.5, 0.6) is 0 Å². The number of halogens is 1. The van der Waals surface area contributed by atoms with Crippen LogP contribution >= 0.6 is 27.3 Å². The van der Waals surface area contributed by atoms with Gasteiger partial charge in [0.2, 0.25) is 0 Å². The van der Waals surface area contributed by atoms with Gasteiger partial charge in [0.1, 0.15) is 0 Å². The molecule has 8 heteroatoms. The van der Waals surface area contributed by atoms with Gasteiger partial charge in [-0.3, -0.25) is 0 Å². The van der Waals surface area contributed by atoms with Crippen molar-refractivity contribution < 1.29 is 18.3 Å². The molecule has 0 atom stereocenters. The van der Waals surface area contributed by atoms with Gasteiger partial charge in [0.15, 0.2) is 9.84 Å². The molecule has 0 unspecified atom stereocenters. The number of aryl methyl sites for hydroxylation is 1. The monoisotopic (exact) mass is 389 g/mol. The summed E-state index contributed by atoms with van der Waals surface area (Å²) >= 11 is 4.51. The van der Waals surface area contributed by atoms with Gasteiger partial charge in [-0.25, -0.2) is 18.2 Å². The molecule has 2 rings (SSSR count). The van der Waals surface area contributed by atoms with Crippen LogP contribution in [0.4, 0.5) is 0 Å². The Morgan fingerprint density at radius 3 is 2.71 bits per heavy atom. The molecule has 0 fully saturated rings. The molecule has 0 saturated heterocycles. The quantitative estimate of drug-likeness (QED) is 0.848. The van der Waals surface area contributed by atoms with Gasteiger partial charge >= 0.3 is 5.97 Å². The first kappa shape index (κ1) is 16.1. The van der Waals surface area contributed by atoms with Crippen LogP contribution in [0.3, 0.4) is 0 Å². The first-order valence-electron chi connectivity index (χ1n) is 6.02. The molecule has 112 valence electrons. The van der Waals surface area contributed by atoms with E-state index in [-0.39, 0.29) is 16.2 Å². The molecule has 1 aromatic carbocycles. The maximum Gasteiger partial charge on any atom is 0.336 e. The van der Waals surface area contributed by atoms with Gasteiger partial charge in [0, 0.05) is 9.85 Å². The van der Waals surface area contributed by atoms with Crippen LogP contribution < -0.4 is 0 Å². The molecular weight excluding hydrogens is 378 g/mol. The number of carboxylic acid groups (broad SMARTS) is 1. The van der Waals surface area contributed by atoms with E-state index in [0.29, 0.717) is 10.2 Å². The Balaban J connectivity index is 2.35. The van der Waals surface area contributed by atoms with Gasteiger partial charge in [0.25, 0.3) is 0 Å². The third-order valence-electron chi connectivity index (χ3n) is 2.77. The second kappa shape index (κ2) is 6.25. The zero-order chi connectivity index (χ0) is 15.6. The molecule has 21 heavy (non-hydrogen) atoms. The molecule has 0 aliphatic rings. The number of hydrogen-bond acceptors (Lipinski definition) is 5. The number of aromatic nitrogens is 1. The zero-order valence-electron chi connectivity index (χ0n) is 11.0. The highest BCUT2D eigenvalue weighted by atomic mass is 79.9. The van der Waals surface area contributed by atoms with Crippen LogP contribution in [0.2, 0.25) is 0 Å². The van der Waals surface area contributed by atoms with Crippen LogP contribution in [0, 0.1) is 0 Å². The SMILES string of the molecule is CCc1nc(CS(=O)(=O)c2ccc(Br)c(C(=O)O)c2)cs1. The average Bonchev–Trinajstić information content (AvgIpc) is 2.85. The van der Waals surface area contributed by atoms with E-state index >= 15 is 0 Å². The Morgan fingerprint density at radius 1 is 1.43 bits per heavy atom. The van der Waals surface area contributed by atoms with Crippen molar-refractivity contribution in [2.75, 3.05) is 0 Å². The summed E-state index contributed by atoms with van der Waals surface area (Å²) in [6.45, 7) is 1.95. The number of aromatic carboxylic acids is 1. The molecule has 0 amide bonds. The molecule has 0 aliphatic heterocycles. The van der Waals surface area contributed by atoms with Crippen LogP contribution in [-0.2, 0) is 22.0 Å². The highest BCUT2D eigenvalue weighted by Crippen LogP contribution is 2.24. The standard InChI is InChI=1S/C13H12BrNO4S2/c1-2-12-15-8(6-20-12)7-21(18,19)9-3-4-11(14)10(5-9)13(16)17/h3-6H,2,7H2,1H3,(H,16,17). The Labute approximate surface area is 134 Å². The lowest BCUT2D eigenvalue weighted by molar-refractivity contribution is 0.0695. The number of carbonyl (C=O) groups is 1. The Morgan fingerprint density at radius 2 is 2.14 bits per heavy atom. The van der Waals surface area contributed by atoms with E-state index in [1.165, 1.54) is 23.5 Å². The second-order valence-electron chi connectivity index (χ2n) is 4.29. The molecule has 0 bridgehead atoms. The third kappa shape index (κ3) is 3.69. The lowest BCUT2D eigenvalue weighted by Crippen LogP contribution is -2.07. The predicted molar refractivity (Wildman–Crippen MR) is 83.5 cm³/mol. The summed E-state index contributed by atoms with van der Waals surface area (Å²) < 4.78 is 25.0. The summed E-state index contributed by atoms with van der Waals surface area (Å²) in [5.41, 5.74) is 0.403. The number of benzene rings is 1. The Hall–Kier alpha value is -1.25. The minimum absolute atomic E-state index is 0.0193. The van der Waals surface area contributed by atoms with Gasteiger partial charge < -0.3 is 5.11 Å². The number of carboxylic acids is 1. The van der Waals surface area contributed by atoms with Gasteiger partial charge in [0.05, 0.1) is 26.9 Å². The maximum atomic E-state index is 12.3. The number of hydrogen-bond donors (Lipinski definition) is 1. The first-order valence-corrected chi connectivity index (χ1v) is 9.35. The van der Waals surface area contributed by atoms with Crippen LogP contribution in [0.15, 0.2) is 32.9 Å². The summed E-state index contributed by atoms with van der Waals surface area (Å²) in [5, 5.41) is 11.6. The Bertz CT molecular complexity index is 783. The van der Waals surface area contributed by atoms with Gasteiger partial charge in [-0.2, -0.15) is 0 Å². The van der Waals surface area contributed by atoms with E-state index in [1.54, 1.807) is 5.38 Å². The predicted octanol–water partition coefficient (Wildman–Crippen LogP) is 3.14. The highest BCUT2D eigenvalue weighted by Gasteiger charge is 2.20. The molecule has 0 radical (unpaired) electrons. The van der Waals surface area contributed by atoms with E-state index in [1.807, 2.05) is 6.92 Å². The van der Waals surface area contributed by atoms with Crippen molar-refractivity contribution >= 4 is 43.1 Å². The van der Waals surface area contributed by atoms with Crippen molar-refractivity contribution in [3.8, 4) is 0 Å². The average molecular weight is 390 g/mol. The maximum absolute atomic E-state index is 12.3. The number of thiazole rings is 1. The molecule has 0 saturated carbocycles. The van der Waals surface area contributed by atoms with E-state index in [0.717, 1.165) is 17.5 Å².